The number of aromatic nitrogens is 4. The van der Waals surface area contributed by atoms with Gasteiger partial charge in [0.05, 0.1) is 22.1 Å². The van der Waals surface area contributed by atoms with Crippen molar-refractivity contribution in [3.63, 3.8) is 0 Å². The summed E-state index contributed by atoms with van der Waals surface area (Å²) in [5, 5.41) is 22.0. The average molecular weight is 801 g/mol. The summed E-state index contributed by atoms with van der Waals surface area (Å²) >= 11 is 0. The summed E-state index contributed by atoms with van der Waals surface area (Å²) in [7, 11) is 0. The van der Waals surface area contributed by atoms with E-state index in [1.807, 2.05) is 60.7 Å². The molecule has 6 nitrogen and oxygen atoms in total. The summed E-state index contributed by atoms with van der Waals surface area (Å²) in [5.41, 5.74) is 8.06. The molecule has 0 radical (unpaired) electrons. The van der Waals surface area contributed by atoms with Crippen molar-refractivity contribution in [1.82, 2.24) is 18.8 Å². The number of fused-ring (bicyclic) bond motifs is 12. The number of aryl methyl sites for hydroxylation is 1. The lowest BCUT2D eigenvalue weighted by Crippen LogP contribution is -2.13. The van der Waals surface area contributed by atoms with Crippen LogP contribution in [0.1, 0.15) is 5.56 Å². The Bertz CT molecular complexity index is 4840. The fraction of sp³-hybridized carbons (Fsp3) is 0.0175. The SMILES string of the molecule is Cc1ccc2c3ccc4c5ccc6c7c(ccc(c8ccc(c9ccc(-c%10ccc%11c(=O)n%12c%13ccccc%13nc%12c%12cccc%10c%11%12)c1c92)c3c84)c57)c(=O)n1c2ccccc2nc61. The molecule has 4 heterocycles. The molecule has 16 rings (SSSR count). The molecule has 63 heavy (non-hydrogen) atoms. The van der Waals surface area contributed by atoms with Crippen molar-refractivity contribution in [2.24, 2.45) is 0 Å². The molecule has 0 aliphatic carbocycles. The van der Waals surface area contributed by atoms with E-state index in [4.69, 9.17) is 9.97 Å². The number of para-hydroxylation sites is 4. The second-order valence-corrected chi connectivity index (χ2v) is 17.5. The van der Waals surface area contributed by atoms with Crippen LogP contribution in [0.5, 0.6) is 0 Å². The predicted octanol–water partition coefficient (Wildman–Crippen LogP) is 13.3. The van der Waals surface area contributed by atoms with E-state index in [0.29, 0.717) is 22.1 Å². The predicted molar refractivity (Wildman–Crippen MR) is 261 cm³/mol. The van der Waals surface area contributed by atoms with Crippen molar-refractivity contribution < 1.29 is 0 Å². The van der Waals surface area contributed by atoms with E-state index in [0.717, 1.165) is 76.3 Å². The lowest BCUT2D eigenvalue weighted by molar-refractivity contribution is 1.19. The van der Waals surface area contributed by atoms with E-state index in [1.54, 1.807) is 8.80 Å². The van der Waals surface area contributed by atoms with E-state index in [1.165, 1.54) is 59.4 Å². The average Bonchev–Trinajstić information content (AvgIpc) is 3.92. The first kappa shape index (κ1) is 32.3. The van der Waals surface area contributed by atoms with Crippen LogP contribution in [0.3, 0.4) is 0 Å². The molecule has 0 unspecified atom stereocenters. The van der Waals surface area contributed by atoms with E-state index >= 15 is 0 Å². The normalized spacial score (nSPS) is 13.0. The van der Waals surface area contributed by atoms with Crippen LogP contribution in [-0.2, 0) is 0 Å². The van der Waals surface area contributed by atoms with Gasteiger partial charge in [0, 0.05) is 32.3 Å². The third-order valence-corrected chi connectivity index (χ3v) is 14.7. The van der Waals surface area contributed by atoms with Gasteiger partial charge >= 0.3 is 0 Å². The van der Waals surface area contributed by atoms with E-state index < -0.39 is 0 Å². The standard InChI is InChI=1S/C57H28N4O2/c1-27-13-14-31-33-18-20-35-37-22-24-40-53-42(57(63)61-46-12-5-3-10-44(46)59-55(40)61)26-23-38(52(37)53)36-21-19-34(50(33)51(35)36)32-17-16-30(47(27)49(31)32)28-15-25-41-48-29(28)7-6-8-39(48)54-58-43-9-2-4-11-45(43)60(54)56(41)62/h2-26H,1H3. The zero-order valence-electron chi connectivity index (χ0n) is 33.5. The van der Waals surface area contributed by atoms with Gasteiger partial charge < -0.3 is 0 Å². The minimum absolute atomic E-state index is 0.0350. The highest BCUT2D eigenvalue weighted by Crippen LogP contribution is 2.50. The van der Waals surface area contributed by atoms with Crippen LogP contribution in [0.15, 0.2) is 161 Å². The van der Waals surface area contributed by atoms with Crippen molar-refractivity contribution in [3.05, 3.63) is 178 Å². The number of nitrogens with zero attached hydrogens (tertiary/aromatic N) is 4. The van der Waals surface area contributed by atoms with Gasteiger partial charge in [0.1, 0.15) is 11.3 Å². The highest BCUT2D eigenvalue weighted by atomic mass is 16.1. The first-order valence-corrected chi connectivity index (χ1v) is 21.4. The van der Waals surface area contributed by atoms with Gasteiger partial charge in [0.2, 0.25) is 0 Å². The minimum Gasteiger partial charge on any atom is -0.268 e. The number of imidazole rings is 2. The lowest BCUT2D eigenvalue weighted by Gasteiger charge is -2.22. The van der Waals surface area contributed by atoms with Crippen LogP contribution in [0.25, 0.3) is 152 Å². The van der Waals surface area contributed by atoms with Gasteiger partial charge in [-0.3, -0.25) is 18.4 Å². The smallest absolute Gasteiger partial charge is 0.264 e. The van der Waals surface area contributed by atoms with Crippen LogP contribution in [-0.4, -0.2) is 18.8 Å². The fourth-order valence-electron chi connectivity index (χ4n) is 12.1. The van der Waals surface area contributed by atoms with Crippen molar-refractivity contribution in [2.45, 2.75) is 6.92 Å². The maximum absolute atomic E-state index is 14.3. The van der Waals surface area contributed by atoms with Crippen molar-refractivity contribution >= 4 is 141 Å². The third-order valence-electron chi connectivity index (χ3n) is 14.7. The number of hydrogen-bond acceptors (Lipinski definition) is 4. The Labute approximate surface area is 354 Å². The molecule has 0 bridgehead atoms. The largest absolute Gasteiger partial charge is 0.268 e. The Morgan fingerprint density at radius 2 is 0.698 bits per heavy atom. The Balaban J connectivity index is 0.999. The third kappa shape index (κ3) is 3.60. The van der Waals surface area contributed by atoms with Gasteiger partial charge in [-0.2, -0.15) is 0 Å². The van der Waals surface area contributed by atoms with E-state index in [9.17, 15) is 9.59 Å². The van der Waals surface area contributed by atoms with Gasteiger partial charge in [-0.15, -0.1) is 0 Å². The number of rotatable bonds is 1. The van der Waals surface area contributed by atoms with Crippen molar-refractivity contribution in [1.29, 1.82) is 0 Å². The molecular formula is C57H28N4O2. The molecule has 0 saturated heterocycles. The van der Waals surface area contributed by atoms with Gasteiger partial charge in [-0.1, -0.05) is 109 Å². The van der Waals surface area contributed by atoms with Gasteiger partial charge in [0.25, 0.3) is 11.1 Å². The molecule has 0 atom stereocenters. The maximum atomic E-state index is 14.3. The number of pyridine rings is 2. The Morgan fingerprint density at radius 3 is 1.27 bits per heavy atom. The molecule has 0 aliphatic heterocycles. The van der Waals surface area contributed by atoms with Crippen LogP contribution < -0.4 is 11.1 Å². The van der Waals surface area contributed by atoms with Gasteiger partial charge in [0.15, 0.2) is 0 Å². The molecule has 0 fully saturated rings. The molecule has 0 amide bonds. The second kappa shape index (κ2) is 10.7. The van der Waals surface area contributed by atoms with Crippen LogP contribution in [0, 0.1) is 6.92 Å². The quantitative estimate of drug-likeness (QED) is 0.122. The molecule has 0 N–H and O–H groups in total. The second-order valence-electron chi connectivity index (χ2n) is 17.5. The molecular weight excluding hydrogens is 773 g/mol. The Kier molecular flexibility index (Phi) is 5.48. The molecule has 0 spiro atoms. The van der Waals surface area contributed by atoms with Gasteiger partial charge in [-0.05, 0) is 141 Å². The zero-order valence-corrected chi connectivity index (χ0v) is 33.5. The van der Waals surface area contributed by atoms with Crippen molar-refractivity contribution in [2.75, 3.05) is 0 Å². The molecule has 0 aliphatic rings. The zero-order chi connectivity index (χ0) is 41.1. The summed E-state index contributed by atoms with van der Waals surface area (Å²) in [6, 6.07) is 53.3. The van der Waals surface area contributed by atoms with E-state index in [-0.39, 0.29) is 11.1 Å². The molecule has 4 aromatic heterocycles. The molecule has 16 aromatic rings. The fourth-order valence-corrected chi connectivity index (χ4v) is 12.1. The maximum Gasteiger partial charge on any atom is 0.264 e. The highest BCUT2D eigenvalue weighted by molar-refractivity contribution is 6.44. The molecule has 0 saturated carbocycles. The number of hydrogen-bond donors (Lipinski definition) is 0. The lowest BCUT2D eigenvalue weighted by atomic mass is 9.81. The van der Waals surface area contributed by atoms with E-state index in [2.05, 4.69) is 97.9 Å². The van der Waals surface area contributed by atoms with Crippen LogP contribution >= 0.6 is 0 Å². The topological polar surface area (TPSA) is 68.7 Å². The molecule has 288 valence electrons. The monoisotopic (exact) mass is 800 g/mol. The molecule has 6 heteroatoms. The summed E-state index contributed by atoms with van der Waals surface area (Å²) in [4.78, 5) is 38.6. The minimum atomic E-state index is -0.0454. The van der Waals surface area contributed by atoms with Crippen LogP contribution in [0.2, 0.25) is 0 Å². The number of benzene rings is 12. The summed E-state index contributed by atoms with van der Waals surface area (Å²) in [6.07, 6.45) is 0. The van der Waals surface area contributed by atoms with Crippen molar-refractivity contribution in [3.8, 4) is 11.1 Å². The summed E-state index contributed by atoms with van der Waals surface area (Å²) in [6.45, 7) is 2.22. The molecule has 12 aromatic carbocycles. The Morgan fingerprint density at radius 1 is 0.317 bits per heavy atom. The van der Waals surface area contributed by atoms with Gasteiger partial charge in [-0.25, -0.2) is 9.97 Å². The van der Waals surface area contributed by atoms with Crippen LogP contribution in [0.4, 0.5) is 0 Å². The Hall–Kier alpha value is -8.48. The summed E-state index contributed by atoms with van der Waals surface area (Å²) < 4.78 is 3.56. The highest BCUT2D eigenvalue weighted by Gasteiger charge is 2.25. The summed E-state index contributed by atoms with van der Waals surface area (Å²) in [5.74, 6) is 0. The first-order chi connectivity index (χ1) is 31.0. The first-order valence-electron chi connectivity index (χ1n) is 21.4.